The molecule has 0 N–H and O–H groups in total. The second kappa shape index (κ2) is 8.13. The summed E-state index contributed by atoms with van der Waals surface area (Å²) in [5.74, 6) is 3.07. The van der Waals surface area contributed by atoms with E-state index in [1.54, 1.807) is 0 Å². The van der Waals surface area contributed by atoms with E-state index in [-0.39, 0.29) is 5.97 Å². The molecular weight excluding hydrogens is 228 g/mol. The van der Waals surface area contributed by atoms with E-state index in [1.165, 1.54) is 0 Å². The number of allylic oxidation sites excluding steroid dienone is 1. The summed E-state index contributed by atoms with van der Waals surface area (Å²) in [6.45, 7) is 12.9. The lowest BCUT2D eigenvalue weighted by molar-refractivity contribution is -0.143. The summed E-state index contributed by atoms with van der Waals surface area (Å²) >= 11 is 0. The summed E-state index contributed by atoms with van der Waals surface area (Å²) in [6.07, 6.45) is 2.89. The van der Waals surface area contributed by atoms with E-state index in [1.807, 2.05) is 6.92 Å². The van der Waals surface area contributed by atoms with E-state index in [2.05, 4.69) is 37.7 Å². The Morgan fingerprint density at radius 3 is 2.41 bits per heavy atom. The maximum absolute atomic E-state index is 11.1. The van der Waals surface area contributed by atoms with Crippen LogP contribution in [-0.2, 0) is 9.53 Å². The highest BCUT2D eigenvalue weighted by Crippen LogP contribution is 2.10. The van der Waals surface area contributed by atoms with Crippen molar-refractivity contribution in [1.29, 1.82) is 0 Å². The average molecular weight is 252 g/mol. The van der Waals surface area contributed by atoms with Crippen LogP contribution in [-0.4, -0.2) is 20.7 Å². The van der Waals surface area contributed by atoms with Crippen molar-refractivity contribution in [3.63, 3.8) is 0 Å². The molecule has 0 saturated heterocycles. The quantitative estimate of drug-likeness (QED) is 0.313. The molecule has 0 aromatic carbocycles. The third-order valence-corrected chi connectivity index (χ3v) is 2.98. The average Bonchev–Trinajstić information content (AvgIpc) is 2.21. The van der Waals surface area contributed by atoms with E-state index in [4.69, 9.17) is 4.74 Å². The van der Waals surface area contributed by atoms with Crippen molar-refractivity contribution >= 4 is 14.0 Å². The van der Waals surface area contributed by atoms with Crippen LogP contribution in [0.25, 0.3) is 0 Å². The van der Waals surface area contributed by atoms with Crippen molar-refractivity contribution in [2.24, 2.45) is 0 Å². The van der Waals surface area contributed by atoms with Crippen LogP contribution in [0.15, 0.2) is 12.2 Å². The molecule has 0 saturated carbocycles. The molecule has 2 nitrogen and oxygen atoms in total. The van der Waals surface area contributed by atoms with Crippen molar-refractivity contribution in [3.05, 3.63) is 12.2 Å². The summed E-state index contributed by atoms with van der Waals surface area (Å²) in [6, 6.07) is 0. The van der Waals surface area contributed by atoms with Crippen LogP contribution in [0.1, 0.15) is 32.6 Å². The molecule has 17 heavy (non-hydrogen) atoms. The van der Waals surface area contributed by atoms with E-state index in [0.29, 0.717) is 19.4 Å². The van der Waals surface area contributed by atoms with Crippen molar-refractivity contribution in [3.8, 4) is 11.5 Å². The van der Waals surface area contributed by atoms with Crippen LogP contribution in [0.4, 0.5) is 0 Å². The predicted molar refractivity (Wildman–Crippen MR) is 75.4 cm³/mol. The van der Waals surface area contributed by atoms with Gasteiger partial charge in [-0.15, -0.1) is 11.5 Å². The van der Waals surface area contributed by atoms with Crippen LogP contribution in [0.2, 0.25) is 19.6 Å². The zero-order valence-electron chi connectivity index (χ0n) is 11.6. The number of carbonyl (C=O) groups excluding carboxylic acids is 1. The van der Waals surface area contributed by atoms with Gasteiger partial charge in [0.1, 0.15) is 8.07 Å². The number of hydrogen-bond donors (Lipinski definition) is 0. The molecule has 0 aliphatic carbocycles. The monoisotopic (exact) mass is 252 g/mol. The van der Waals surface area contributed by atoms with Gasteiger partial charge in [-0.1, -0.05) is 31.8 Å². The smallest absolute Gasteiger partial charge is 0.306 e. The Bertz CT molecular complexity index is 315. The summed E-state index contributed by atoms with van der Waals surface area (Å²) < 4.78 is 4.86. The molecule has 0 radical (unpaired) electrons. The Labute approximate surface area is 106 Å². The van der Waals surface area contributed by atoms with Gasteiger partial charge in [0.15, 0.2) is 0 Å². The highest BCUT2D eigenvalue weighted by Gasteiger charge is 2.07. The first-order chi connectivity index (χ1) is 7.85. The molecule has 0 fully saturated rings. The molecule has 0 spiro atoms. The maximum Gasteiger partial charge on any atom is 0.306 e. The SMILES string of the molecule is C=C(CCC#C[Si](C)(C)C)CCC(=O)OCC. The van der Waals surface area contributed by atoms with Gasteiger partial charge < -0.3 is 4.74 Å². The molecular formula is C14H24O2Si. The third-order valence-electron chi connectivity index (χ3n) is 2.05. The number of ether oxygens (including phenoxy) is 1. The van der Waals surface area contributed by atoms with Gasteiger partial charge in [-0.3, -0.25) is 4.79 Å². The first-order valence-electron chi connectivity index (χ1n) is 6.17. The topological polar surface area (TPSA) is 26.3 Å². The molecule has 0 heterocycles. The Kier molecular flexibility index (Phi) is 7.65. The number of carbonyl (C=O) groups is 1. The number of hydrogen-bond acceptors (Lipinski definition) is 2. The van der Waals surface area contributed by atoms with Crippen LogP contribution in [0.5, 0.6) is 0 Å². The molecule has 0 aromatic heterocycles. The van der Waals surface area contributed by atoms with Gasteiger partial charge in [0.2, 0.25) is 0 Å². The summed E-state index contributed by atoms with van der Waals surface area (Å²) in [4.78, 5) is 11.1. The normalized spacial score (nSPS) is 10.4. The van der Waals surface area contributed by atoms with Gasteiger partial charge in [0.25, 0.3) is 0 Å². The maximum atomic E-state index is 11.1. The van der Waals surface area contributed by atoms with E-state index >= 15 is 0 Å². The molecule has 0 aliphatic heterocycles. The van der Waals surface area contributed by atoms with Gasteiger partial charge in [-0.05, 0) is 19.8 Å². The highest BCUT2D eigenvalue weighted by atomic mass is 28.3. The first kappa shape index (κ1) is 16.0. The highest BCUT2D eigenvalue weighted by molar-refractivity contribution is 6.83. The lowest BCUT2D eigenvalue weighted by atomic mass is 10.1. The molecule has 0 aromatic rings. The summed E-state index contributed by atoms with van der Waals surface area (Å²) in [5.41, 5.74) is 4.40. The molecule has 0 atom stereocenters. The molecule has 0 unspecified atom stereocenters. The Morgan fingerprint density at radius 2 is 1.88 bits per heavy atom. The zero-order chi connectivity index (χ0) is 13.3. The minimum Gasteiger partial charge on any atom is -0.466 e. The zero-order valence-corrected chi connectivity index (χ0v) is 12.6. The lowest BCUT2D eigenvalue weighted by Gasteiger charge is -2.05. The molecule has 3 heteroatoms. The molecule has 96 valence electrons. The summed E-state index contributed by atoms with van der Waals surface area (Å²) in [5, 5.41) is 0. The Hall–Kier alpha value is -1.01. The summed E-state index contributed by atoms with van der Waals surface area (Å²) in [7, 11) is -1.24. The third kappa shape index (κ3) is 11.3. The van der Waals surface area contributed by atoms with E-state index in [9.17, 15) is 4.79 Å². The van der Waals surface area contributed by atoms with Gasteiger partial charge in [-0.25, -0.2) is 0 Å². The predicted octanol–water partition coefficient (Wildman–Crippen LogP) is 3.55. The fourth-order valence-electron chi connectivity index (χ4n) is 1.20. The number of esters is 1. The van der Waals surface area contributed by atoms with Gasteiger partial charge >= 0.3 is 5.97 Å². The Morgan fingerprint density at radius 1 is 1.24 bits per heavy atom. The van der Waals surface area contributed by atoms with E-state index in [0.717, 1.165) is 18.4 Å². The largest absolute Gasteiger partial charge is 0.466 e. The minimum absolute atomic E-state index is 0.137. The fraction of sp³-hybridized carbons (Fsp3) is 0.643. The molecule has 0 bridgehead atoms. The molecule has 0 amide bonds. The lowest BCUT2D eigenvalue weighted by Crippen LogP contribution is -2.16. The van der Waals surface area contributed by atoms with E-state index < -0.39 is 8.07 Å². The van der Waals surface area contributed by atoms with Crippen molar-refractivity contribution < 1.29 is 9.53 Å². The van der Waals surface area contributed by atoms with Crippen LogP contribution < -0.4 is 0 Å². The Balaban J connectivity index is 3.73. The van der Waals surface area contributed by atoms with Crippen molar-refractivity contribution in [2.45, 2.75) is 52.2 Å². The van der Waals surface area contributed by atoms with Crippen LogP contribution in [0, 0.1) is 11.5 Å². The van der Waals surface area contributed by atoms with Crippen LogP contribution >= 0.6 is 0 Å². The van der Waals surface area contributed by atoms with Crippen molar-refractivity contribution in [1.82, 2.24) is 0 Å². The van der Waals surface area contributed by atoms with Gasteiger partial charge in [-0.2, -0.15) is 0 Å². The van der Waals surface area contributed by atoms with Crippen molar-refractivity contribution in [2.75, 3.05) is 6.61 Å². The van der Waals surface area contributed by atoms with Gasteiger partial charge in [0.05, 0.1) is 6.61 Å². The molecule has 0 aliphatic rings. The second-order valence-electron chi connectivity index (χ2n) is 5.11. The fourth-order valence-corrected chi connectivity index (χ4v) is 1.86. The van der Waals surface area contributed by atoms with Gasteiger partial charge in [0, 0.05) is 12.8 Å². The first-order valence-corrected chi connectivity index (χ1v) is 9.67. The second-order valence-corrected chi connectivity index (χ2v) is 9.86. The standard InChI is InChI=1S/C14H24O2Si/c1-6-16-14(15)11-10-13(2)9-7-8-12-17(3,4)5/h2,6-7,9-11H2,1,3-5H3. The molecule has 0 rings (SSSR count). The minimum atomic E-state index is -1.24. The number of rotatable bonds is 6. The van der Waals surface area contributed by atoms with Crippen LogP contribution in [0.3, 0.4) is 0 Å².